The first-order valence-electron chi connectivity index (χ1n) is 5.96. The monoisotopic (exact) mass is 317 g/mol. The number of unbranched alkanes of at least 4 members (excludes halogenated alkanes) is 1. The van der Waals surface area contributed by atoms with Crippen LogP contribution in [-0.4, -0.2) is 37.2 Å². The highest BCUT2D eigenvalue weighted by Gasteiger charge is 2.18. The first-order valence-corrected chi connectivity index (χ1v) is 7.51. The van der Waals surface area contributed by atoms with E-state index in [1.165, 1.54) is 12.1 Å². The molecule has 116 valence electrons. The van der Waals surface area contributed by atoms with Crippen molar-refractivity contribution in [3.05, 3.63) is 23.8 Å². The minimum atomic E-state index is -4.13. The molecule has 0 aromatic heterocycles. The predicted octanol–water partition coefficient (Wildman–Crippen LogP) is 0.666. The van der Waals surface area contributed by atoms with Crippen LogP contribution in [0.5, 0.6) is 5.75 Å². The van der Waals surface area contributed by atoms with E-state index in [2.05, 4.69) is 0 Å². The Morgan fingerprint density at radius 2 is 1.86 bits per heavy atom. The Morgan fingerprint density at radius 3 is 2.38 bits per heavy atom. The molecule has 0 saturated carbocycles. The Balaban J connectivity index is 2.82. The third kappa shape index (κ3) is 5.40. The van der Waals surface area contributed by atoms with Crippen LogP contribution in [0.15, 0.2) is 23.1 Å². The summed E-state index contributed by atoms with van der Waals surface area (Å²) >= 11 is 0. The number of benzene rings is 1. The number of aromatic carboxylic acids is 1. The molecular weight excluding hydrogens is 302 g/mol. The van der Waals surface area contributed by atoms with Crippen molar-refractivity contribution < 1.29 is 33.0 Å². The second kappa shape index (κ2) is 7.04. The number of primary sulfonamides is 1. The maximum Gasteiger partial charge on any atom is 0.335 e. The molecule has 8 nitrogen and oxygen atoms in total. The average molecular weight is 317 g/mol. The Kier molecular flexibility index (Phi) is 5.68. The summed E-state index contributed by atoms with van der Waals surface area (Å²) in [5.41, 5.74) is -0.225. The second-order valence-corrected chi connectivity index (χ2v) is 5.74. The molecule has 1 aromatic rings. The van der Waals surface area contributed by atoms with Crippen molar-refractivity contribution >= 4 is 22.0 Å². The van der Waals surface area contributed by atoms with Crippen LogP contribution in [0.25, 0.3) is 0 Å². The molecule has 0 unspecified atom stereocenters. The summed E-state index contributed by atoms with van der Waals surface area (Å²) in [6.45, 7) is 0.0994. The molecule has 1 rings (SSSR count). The van der Waals surface area contributed by atoms with Gasteiger partial charge in [-0.1, -0.05) is 0 Å². The number of carboxylic acid groups (broad SMARTS) is 2. The van der Waals surface area contributed by atoms with E-state index >= 15 is 0 Å². The van der Waals surface area contributed by atoms with Gasteiger partial charge < -0.3 is 14.9 Å². The maximum absolute atomic E-state index is 11.4. The van der Waals surface area contributed by atoms with Gasteiger partial charge in [0.15, 0.2) is 0 Å². The van der Waals surface area contributed by atoms with Gasteiger partial charge in [-0.15, -0.1) is 0 Å². The van der Waals surface area contributed by atoms with Gasteiger partial charge in [0.05, 0.1) is 12.2 Å². The first kappa shape index (κ1) is 16.9. The van der Waals surface area contributed by atoms with Crippen LogP contribution in [0, 0.1) is 0 Å². The summed E-state index contributed by atoms with van der Waals surface area (Å²) in [4.78, 5) is 20.7. The van der Waals surface area contributed by atoms with Crippen molar-refractivity contribution in [3.63, 3.8) is 0 Å². The van der Waals surface area contributed by atoms with Crippen molar-refractivity contribution in [3.8, 4) is 5.75 Å². The smallest absolute Gasteiger partial charge is 0.335 e. The van der Waals surface area contributed by atoms with E-state index < -0.39 is 26.9 Å². The van der Waals surface area contributed by atoms with E-state index in [0.29, 0.717) is 12.8 Å². The Morgan fingerprint density at radius 1 is 1.19 bits per heavy atom. The summed E-state index contributed by atoms with van der Waals surface area (Å²) in [6.07, 6.45) is 0.785. The lowest BCUT2D eigenvalue weighted by Crippen LogP contribution is -2.15. The molecule has 0 heterocycles. The number of sulfonamides is 1. The number of carbonyl (C=O) groups is 2. The molecule has 4 N–H and O–H groups in total. The van der Waals surface area contributed by atoms with Crippen molar-refractivity contribution in [1.82, 2.24) is 0 Å². The predicted molar refractivity (Wildman–Crippen MR) is 71.8 cm³/mol. The molecule has 21 heavy (non-hydrogen) atoms. The zero-order valence-electron chi connectivity index (χ0n) is 11.0. The molecule has 9 heteroatoms. The van der Waals surface area contributed by atoms with Crippen LogP contribution in [-0.2, 0) is 14.8 Å². The fourth-order valence-electron chi connectivity index (χ4n) is 1.54. The lowest BCUT2D eigenvalue weighted by molar-refractivity contribution is -0.137. The highest BCUT2D eigenvalue weighted by Crippen LogP contribution is 2.24. The van der Waals surface area contributed by atoms with Crippen LogP contribution in [0.4, 0.5) is 0 Å². The quantitative estimate of drug-likeness (QED) is 0.597. The molecule has 0 amide bonds. The van der Waals surface area contributed by atoms with E-state index in [-0.39, 0.29) is 24.3 Å². The molecule has 0 atom stereocenters. The highest BCUT2D eigenvalue weighted by molar-refractivity contribution is 7.89. The molecule has 0 bridgehead atoms. The first-order chi connectivity index (χ1) is 9.71. The molecule has 0 saturated heterocycles. The van der Waals surface area contributed by atoms with Gasteiger partial charge in [0.1, 0.15) is 10.6 Å². The van der Waals surface area contributed by atoms with Crippen LogP contribution in [0.2, 0.25) is 0 Å². The number of hydrogen-bond donors (Lipinski definition) is 3. The normalized spacial score (nSPS) is 11.1. The molecule has 0 spiro atoms. The highest BCUT2D eigenvalue weighted by atomic mass is 32.2. The number of aliphatic carboxylic acids is 1. The Hall–Kier alpha value is -2.13. The van der Waals surface area contributed by atoms with Gasteiger partial charge in [-0.05, 0) is 31.0 Å². The summed E-state index contributed by atoms with van der Waals surface area (Å²) in [5.74, 6) is -2.27. The third-order valence-electron chi connectivity index (χ3n) is 2.54. The summed E-state index contributed by atoms with van der Waals surface area (Å²) in [6, 6.07) is 3.33. The molecule has 0 aliphatic rings. The molecule has 0 aliphatic heterocycles. The van der Waals surface area contributed by atoms with Crippen LogP contribution >= 0.6 is 0 Å². The van der Waals surface area contributed by atoms with E-state index in [1.54, 1.807) is 0 Å². The lowest BCUT2D eigenvalue weighted by Gasteiger charge is -2.10. The zero-order chi connectivity index (χ0) is 16.0. The van der Waals surface area contributed by atoms with Crippen molar-refractivity contribution in [2.75, 3.05) is 6.61 Å². The fraction of sp³-hybridized carbons (Fsp3) is 0.333. The van der Waals surface area contributed by atoms with Gasteiger partial charge in [-0.2, -0.15) is 0 Å². The van der Waals surface area contributed by atoms with E-state index in [0.717, 1.165) is 6.07 Å². The summed E-state index contributed by atoms with van der Waals surface area (Å²) < 4.78 is 28.1. The van der Waals surface area contributed by atoms with Crippen molar-refractivity contribution in [2.24, 2.45) is 5.14 Å². The Labute approximate surface area is 121 Å². The maximum atomic E-state index is 11.4. The summed E-state index contributed by atoms with van der Waals surface area (Å²) in [7, 11) is -4.13. The van der Waals surface area contributed by atoms with Gasteiger partial charge in [0.25, 0.3) is 0 Å². The average Bonchev–Trinajstić information content (AvgIpc) is 2.36. The zero-order valence-corrected chi connectivity index (χ0v) is 11.8. The van der Waals surface area contributed by atoms with Gasteiger partial charge in [-0.25, -0.2) is 18.4 Å². The third-order valence-corrected chi connectivity index (χ3v) is 3.47. The van der Waals surface area contributed by atoms with Crippen LogP contribution in [0.3, 0.4) is 0 Å². The van der Waals surface area contributed by atoms with Gasteiger partial charge in [-0.3, -0.25) is 4.79 Å². The molecule has 1 aromatic carbocycles. The topological polar surface area (TPSA) is 144 Å². The van der Waals surface area contributed by atoms with Crippen LogP contribution in [0.1, 0.15) is 29.6 Å². The van der Waals surface area contributed by atoms with Gasteiger partial charge in [0, 0.05) is 6.42 Å². The number of ether oxygens (including phenoxy) is 1. The van der Waals surface area contributed by atoms with E-state index in [9.17, 15) is 18.0 Å². The molecular formula is C12H15NO7S. The Bertz CT molecular complexity index is 639. The number of hydrogen-bond acceptors (Lipinski definition) is 5. The van der Waals surface area contributed by atoms with Crippen LogP contribution < -0.4 is 9.88 Å². The van der Waals surface area contributed by atoms with Gasteiger partial charge >= 0.3 is 11.9 Å². The standard InChI is InChI=1S/C12H15NO7S/c13-21(18,19)10-7-8(12(16)17)4-5-9(10)20-6-2-1-3-11(14)15/h4-5,7H,1-3,6H2,(H,14,15)(H,16,17)(H2,13,18,19). The van der Waals surface area contributed by atoms with E-state index in [1.807, 2.05) is 0 Å². The molecule has 0 fully saturated rings. The SMILES string of the molecule is NS(=O)(=O)c1cc(C(=O)O)ccc1OCCCCC(=O)O. The minimum absolute atomic E-state index is 0.0106. The largest absolute Gasteiger partial charge is 0.492 e. The minimum Gasteiger partial charge on any atom is -0.492 e. The number of carboxylic acids is 2. The fourth-order valence-corrected chi connectivity index (χ4v) is 2.24. The van der Waals surface area contributed by atoms with Gasteiger partial charge in [0.2, 0.25) is 10.0 Å². The van der Waals surface area contributed by atoms with Crippen molar-refractivity contribution in [2.45, 2.75) is 24.2 Å². The lowest BCUT2D eigenvalue weighted by atomic mass is 10.2. The molecule has 0 aliphatic carbocycles. The van der Waals surface area contributed by atoms with E-state index in [4.69, 9.17) is 20.1 Å². The second-order valence-electron chi connectivity index (χ2n) is 4.21. The number of rotatable bonds is 8. The summed E-state index contributed by atoms with van der Waals surface area (Å²) in [5, 5.41) is 22.3. The number of nitrogens with two attached hydrogens (primary N) is 1. The molecule has 0 radical (unpaired) electrons. The van der Waals surface area contributed by atoms with Crippen molar-refractivity contribution in [1.29, 1.82) is 0 Å².